The molecular weight excluding hydrogens is 483 g/mol. The average molecular weight is 503 g/mol. The summed E-state index contributed by atoms with van der Waals surface area (Å²) in [5.74, 6) is -0.889. The van der Waals surface area contributed by atoms with Crippen LogP contribution in [0, 0.1) is 11.3 Å². The van der Waals surface area contributed by atoms with Crippen LogP contribution in [0.15, 0.2) is 60.8 Å². The predicted molar refractivity (Wildman–Crippen MR) is 128 cm³/mol. The van der Waals surface area contributed by atoms with E-state index in [1.165, 1.54) is 12.3 Å². The van der Waals surface area contributed by atoms with Crippen LogP contribution in [0.4, 0.5) is 13.2 Å². The molecule has 1 fully saturated rings. The highest BCUT2D eigenvalue weighted by atomic mass is 19.4. The van der Waals surface area contributed by atoms with Gasteiger partial charge < -0.3 is 10.1 Å². The first-order chi connectivity index (χ1) is 17.7. The van der Waals surface area contributed by atoms with Gasteiger partial charge in [-0.1, -0.05) is 12.1 Å². The van der Waals surface area contributed by atoms with Crippen molar-refractivity contribution in [2.24, 2.45) is 0 Å². The molecule has 7 nitrogen and oxygen atoms in total. The zero-order valence-corrected chi connectivity index (χ0v) is 19.6. The molecule has 37 heavy (non-hydrogen) atoms. The van der Waals surface area contributed by atoms with Crippen molar-refractivity contribution in [1.82, 2.24) is 20.3 Å². The van der Waals surface area contributed by atoms with Crippen molar-refractivity contribution in [2.45, 2.75) is 38.1 Å². The third-order valence-corrected chi connectivity index (χ3v) is 5.96. The Morgan fingerprint density at radius 3 is 2.46 bits per heavy atom. The Kier molecular flexibility index (Phi) is 6.21. The van der Waals surface area contributed by atoms with Crippen LogP contribution in [0.5, 0.6) is 5.75 Å². The molecule has 0 radical (unpaired) electrons. The molecule has 4 aromatic rings. The summed E-state index contributed by atoms with van der Waals surface area (Å²) in [6, 6.07) is 15.8. The number of hydrogen-bond acceptors (Lipinski definition) is 6. The Balaban J connectivity index is 1.49. The molecule has 1 N–H and O–H groups in total. The molecule has 10 heteroatoms. The van der Waals surface area contributed by atoms with Gasteiger partial charge in [-0.05, 0) is 73.7 Å². The minimum absolute atomic E-state index is 0.0577. The highest BCUT2D eigenvalue weighted by Gasteiger charge is 2.33. The third-order valence-electron chi connectivity index (χ3n) is 5.96. The molecule has 1 atom stereocenters. The summed E-state index contributed by atoms with van der Waals surface area (Å²) < 4.78 is 42.7. The van der Waals surface area contributed by atoms with Gasteiger partial charge in [-0.25, -0.2) is 9.97 Å². The molecule has 0 spiro atoms. The third kappa shape index (κ3) is 5.51. The lowest BCUT2D eigenvalue weighted by Crippen LogP contribution is -2.28. The minimum atomic E-state index is -4.87. The number of amides is 1. The molecule has 0 aliphatic heterocycles. The molecule has 1 aliphatic carbocycles. The number of aromatic nitrogens is 3. The predicted octanol–water partition coefficient (Wildman–Crippen LogP) is 5.83. The molecule has 2 aromatic carbocycles. The number of nitriles is 1. The summed E-state index contributed by atoms with van der Waals surface area (Å²) in [6.45, 7) is 1.71. The van der Waals surface area contributed by atoms with Crippen LogP contribution in [-0.2, 0) is 0 Å². The van der Waals surface area contributed by atoms with Crippen molar-refractivity contribution in [3.05, 3.63) is 83.2 Å². The monoisotopic (exact) mass is 503 g/mol. The van der Waals surface area contributed by atoms with E-state index in [0.29, 0.717) is 39.2 Å². The van der Waals surface area contributed by atoms with Crippen LogP contribution < -0.4 is 10.1 Å². The molecule has 2 aromatic heterocycles. The molecule has 1 aliphatic rings. The van der Waals surface area contributed by atoms with Crippen LogP contribution in [0.3, 0.4) is 0 Å². The van der Waals surface area contributed by atoms with Crippen LogP contribution in [0.1, 0.15) is 58.9 Å². The van der Waals surface area contributed by atoms with Gasteiger partial charge in [-0.15, -0.1) is 13.2 Å². The fourth-order valence-electron chi connectivity index (χ4n) is 4.05. The van der Waals surface area contributed by atoms with Crippen molar-refractivity contribution in [2.75, 3.05) is 0 Å². The van der Waals surface area contributed by atoms with Gasteiger partial charge in [0.25, 0.3) is 5.91 Å². The van der Waals surface area contributed by atoms with E-state index in [1.807, 2.05) is 18.2 Å². The zero-order chi connectivity index (χ0) is 26.2. The Bertz CT molecular complexity index is 1530. The van der Waals surface area contributed by atoms with Gasteiger partial charge in [0, 0.05) is 11.8 Å². The standard InChI is InChI=1S/C27H20F3N5O2/c1-15(33-26(36)19-10-18(17-7-8-17)11-20(12-19)37-27(28,29)30)24-25(23-9-6-16(13-31)14-32-23)35-22-5-3-2-4-21(22)34-24/h2-6,9-12,14-15,17H,7-8H2,1H3,(H,33,36). The smallest absolute Gasteiger partial charge is 0.406 e. The molecule has 186 valence electrons. The first-order valence-corrected chi connectivity index (χ1v) is 11.5. The second kappa shape index (κ2) is 9.50. The quantitative estimate of drug-likeness (QED) is 0.355. The number of hydrogen-bond donors (Lipinski definition) is 1. The molecule has 0 saturated heterocycles. The maximum atomic E-state index is 13.2. The summed E-state index contributed by atoms with van der Waals surface area (Å²) in [5.41, 5.74) is 3.61. The highest BCUT2D eigenvalue weighted by Crippen LogP contribution is 2.42. The Morgan fingerprint density at radius 2 is 1.84 bits per heavy atom. The van der Waals surface area contributed by atoms with Gasteiger partial charge in [-0.2, -0.15) is 5.26 Å². The van der Waals surface area contributed by atoms with Gasteiger partial charge >= 0.3 is 6.36 Å². The summed E-state index contributed by atoms with van der Waals surface area (Å²) in [4.78, 5) is 26.9. The highest BCUT2D eigenvalue weighted by molar-refractivity contribution is 5.95. The molecular formula is C27H20F3N5O2. The maximum absolute atomic E-state index is 13.2. The van der Waals surface area contributed by atoms with Gasteiger partial charge in [0.05, 0.1) is 34.0 Å². The fraction of sp³-hybridized carbons (Fsp3) is 0.222. The van der Waals surface area contributed by atoms with Crippen LogP contribution in [-0.4, -0.2) is 27.2 Å². The van der Waals surface area contributed by atoms with Gasteiger partial charge in [0.15, 0.2) is 0 Å². The lowest BCUT2D eigenvalue weighted by atomic mass is 10.0. The van der Waals surface area contributed by atoms with E-state index < -0.39 is 24.1 Å². The number of nitrogens with one attached hydrogen (secondary N) is 1. The maximum Gasteiger partial charge on any atom is 0.573 e. The summed E-state index contributed by atoms with van der Waals surface area (Å²) in [5, 5.41) is 11.9. The Hall–Kier alpha value is -4.52. The summed E-state index contributed by atoms with van der Waals surface area (Å²) in [6.07, 6.45) is -1.75. The number of pyridine rings is 1. The van der Waals surface area contributed by atoms with Crippen molar-refractivity contribution in [3.63, 3.8) is 0 Å². The second-order valence-corrected chi connectivity index (χ2v) is 8.80. The van der Waals surface area contributed by atoms with E-state index in [9.17, 15) is 18.0 Å². The van der Waals surface area contributed by atoms with E-state index in [-0.39, 0.29) is 11.5 Å². The molecule has 5 rings (SSSR count). The second-order valence-electron chi connectivity index (χ2n) is 8.80. The number of nitrogens with zero attached hydrogens (tertiary/aromatic N) is 4. The van der Waals surface area contributed by atoms with Gasteiger partial charge in [-0.3, -0.25) is 9.78 Å². The lowest BCUT2D eigenvalue weighted by Gasteiger charge is -2.18. The summed E-state index contributed by atoms with van der Waals surface area (Å²) in [7, 11) is 0. The Labute approximate surface area is 210 Å². The van der Waals surface area contributed by atoms with Crippen LogP contribution >= 0.6 is 0 Å². The lowest BCUT2D eigenvalue weighted by molar-refractivity contribution is -0.274. The number of carbonyl (C=O) groups excluding carboxylic acids is 1. The van der Waals surface area contributed by atoms with E-state index in [2.05, 4.69) is 15.0 Å². The van der Waals surface area contributed by atoms with Crippen LogP contribution in [0.2, 0.25) is 0 Å². The first-order valence-electron chi connectivity index (χ1n) is 11.5. The van der Waals surface area contributed by atoms with E-state index >= 15 is 0 Å². The SMILES string of the molecule is CC(NC(=O)c1cc(OC(F)(F)F)cc(C2CC2)c1)c1nc2ccccc2nc1-c1ccc(C#N)cn1. The minimum Gasteiger partial charge on any atom is -0.406 e. The van der Waals surface area contributed by atoms with Gasteiger partial charge in [0.2, 0.25) is 0 Å². The molecule has 1 saturated carbocycles. The number of rotatable bonds is 6. The van der Waals surface area contributed by atoms with Gasteiger partial charge in [0.1, 0.15) is 17.5 Å². The molecule has 1 unspecified atom stereocenters. The largest absolute Gasteiger partial charge is 0.573 e. The van der Waals surface area contributed by atoms with Crippen molar-refractivity contribution < 1.29 is 22.7 Å². The van der Waals surface area contributed by atoms with Crippen LogP contribution in [0.25, 0.3) is 22.4 Å². The number of benzene rings is 2. The number of carbonyl (C=O) groups is 1. The molecule has 2 heterocycles. The first kappa shape index (κ1) is 24.2. The number of halogens is 3. The molecule has 1 amide bonds. The number of ether oxygens (including phenoxy) is 1. The zero-order valence-electron chi connectivity index (χ0n) is 19.6. The number of alkyl halides is 3. The van der Waals surface area contributed by atoms with Crippen molar-refractivity contribution in [3.8, 4) is 23.2 Å². The van der Waals surface area contributed by atoms with E-state index in [1.54, 1.807) is 37.3 Å². The average Bonchev–Trinajstić information content (AvgIpc) is 3.72. The molecule has 0 bridgehead atoms. The number of para-hydroxylation sites is 2. The Morgan fingerprint density at radius 1 is 1.11 bits per heavy atom. The summed E-state index contributed by atoms with van der Waals surface area (Å²) >= 11 is 0. The normalized spacial score (nSPS) is 14.1. The van der Waals surface area contributed by atoms with E-state index in [4.69, 9.17) is 15.2 Å². The van der Waals surface area contributed by atoms with E-state index in [0.717, 1.165) is 18.9 Å². The van der Waals surface area contributed by atoms with Crippen molar-refractivity contribution >= 4 is 16.9 Å². The fourth-order valence-corrected chi connectivity index (χ4v) is 4.05. The van der Waals surface area contributed by atoms with Crippen molar-refractivity contribution in [1.29, 1.82) is 5.26 Å². The topological polar surface area (TPSA) is 101 Å². The number of fused-ring (bicyclic) bond motifs is 1.